The monoisotopic (exact) mass is 452 g/mol. The number of carbonyl (C=O) groups excluding carboxylic acids is 2. The van der Waals surface area contributed by atoms with Gasteiger partial charge in [-0.2, -0.15) is 0 Å². The Morgan fingerprint density at radius 1 is 0.879 bits per heavy atom. The smallest absolute Gasteiger partial charge is 0.407 e. The molecule has 0 aromatic heterocycles. The number of hydrogen-bond donors (Lipinski definition) is 3. The molecule has 0 spiro atoms. The van der Waals surface area contributed by atoms with Crippen LogP contribution in [0.1, 0.15) is 56.6 Å². The third kappa shape index (κ3) is 6.81. The molecule has 0 unspecified atom stereocenters. The highest BCUT2D eigenvalue weighted by Gasteiger charge is 2.29. The number of carboxylic acids is 1. The molecule has 0 aliphatic heterocycles. The summed E-state index contributed by atoms with van der Waals surface area (Å²) >= 11 is 0. The Hall–Kier alpha value is -3.35. The number of ether oxygens (including phenoxy) is 1. The lowest BCUT2D eigenvalue weighted by Gasteiger charge is -2.24. The molecule has 2 aromatic rings. The van der Waals surface area contributed by atoms with Crippen LogP contribution in [0.2, 0.25) is 0 Å². The van der Waals surface area contributed by atoms with Crippen LogP contribution in [0, 0.1) is 5.41 Å². The molecule has 0 bridgehead atoms. The predicted molar refractivity (Wildman–Crippen MR) is 126 cm³/mol. The van der Waals surface area contributed by atoms with Crippen LogP contribution in [0.4, 0.5) is 4.79 Å². The molecule has 3 N–H and O–H groups in total. The number of nitrogens with one attached hydrogen (secondary N) is 2. The normalized spacial score (nSPS) is 12.5. The first-order valence-electron chi connectivity index (χ1n) is 11.3. The fraction of sp³-hybridized carbons (Fsp3) is 0.423. The average molecular weight is 453 g/mol. The number of fused-ring (bicyclic) bond motifs is 3. The lowest BCUT2D eigenvalue weighted by atomic mass is 9.84. The number of alkyl carbamates (subject to hydrolysis) is 1. The van der Waals surface area contributed by atoms with Crippen molar-refractivity contribution >= 4 is 18.0 Å². The van der Waals surface area contributed by atoms with Crippen molar-refractivity contribution < 1.29 is 24.2 Å². The van der Waals surface area contributed by atoms with Crippen LogP contribution in [0.3, 0.4) is 0 Å². The molecule has 1 aliphatic carbocycles. The second-order valence-corrected chi connectivity index (χ2v) is 9.16. The third-order valence-electron chi connectivity index (χ3n) is 6.10. The summed E-state index contributed by atoms with van der Waals surface area (Å²) < 4.78 is 5.55. The molecular formula is C26H32N2O5. The van der Waals surface area contributed by atoms with Gasteiger partial charge in [-0.3, -0.25) is 9.59 Å². The Morgan fingerprint density at radius 3 is 2.09 bits per heavy atom. The van der Waals surface area contributed by atoms with E-state index in [0.717, 1.165) is 0 Å². The summed E-state index contributed by atoms with van der Waals surface area (Å²) in [5.74, 6) is -1.07. The molecule has 176 valence electrons. The first kappa shape index (κ1) is 24.3. The third-order valence-corrected chi connectivity index (χ3v) is 6.10. The minimum absolute atomic E-state index is 0.0271. The Bertz CT molecular complexity index is 956. The van der Waals surface area contributed by atoms with E-state index in [2.05, 4.69) is 34.9 Å². The van der Waals surface area contributed by atoms with Crippen LogP contribution in [-0.2, 0) is 14.3 Å². The van der Waals surface area contributed by atoms with Crippen molar-refractivity contribution in [2.45, 2.75) is 45.4 Å². The molecule has 0 fully saturated rings. The number of benzene rings is 2. The Morgan fingerprint density at radius 2 is 1.48 bits per heavy atom. The highest BCUT2D eigenvalue weighted by molar-refractivity contribution is 5.79. The van der Waals surface area contributed by atoms with Gasteiger partial charge in [0.2, 0.25) is 5.91 Å². The zero-order valence-corrected chi connectivity index (χ0v) is 19.2. The lowest BCUT2D eigenvalue weighted by molar-refractivity contribution is -0.136. The van der Waals surface area contributed by atoms with Crippen LogP contribution < -0.4 is 10.6 Å². The van der Waals surface area contributed by atoms with Crippen molar-refractivity contribution in [3.05, 3.63) is 59.7 Å². The van der Waals surface area contributed by atoms with E-state index in [4.69, 9.17) is 9.84 Å². The molecule has 0 atom stereocenters. The molecule has 0 radical (unpaired) electrons. The second-order valence-electron chi connectivity index (χ2n) is 9.16. The minimum Gasteiger partial charge on any atom is -0.481 e. The summed E-state index contributed by atoms with van der Waals surface area (Å²) in [5.41, 5.74) is 4.58. The minimum atomic E-state index is -0.935. The molecule has 3 rings (SSSR count). The topological polar surface area (TPSA) is 105 Å². The van der Waals surface area contributed by atoms with Crippen molar-refractivity contribution in [1.82, 2.24) is 10.6 Å². The maximum atomic E-state index is 12.3. The van der Waals surface area contributed by atoms with Gasteiger partial charge in [0, 0.05) is 25.4 Å². The van der Waals surface area contributed by atoms with Crippen molar-refractivity contribution in [2.75, 3.05) is 19.7 Å². The lowest BCUT2D eigenvalue weighted by Crippen LogP contribution is -2.31. The van der Waals surface area contributed by atoms with Crippen molar-refractivity contribution in [3.8, 4) is 11.1 Å². The van der Waals surface area contributed by atoms with Crippen LogP contribution in [-0.4, -0.2) is 42.8 Å². The van der Waals surface area contributed by atoms with Crippen LogP contribution in [0.15, 0.2) is 48.5 Å². The molecule has 0 saturated heterocycles. The summed E-state index contributed by atoms with van der Waals surface area (Å²) in [7, 11) is 0. The van der Waals surface area contributed by atoms with Gasteiger partial charge in [0.25, 0.3) is 0 Å². The van der Waals surface area contributed by atoms with E-state index < -0.39 is 12.1 Å². The zero-order valence-electron chi connectivity index (χ0n) is 19.2. The largest absolute Gasteiger partial charge is 0.481 e. The number of carbonyl (C=O) groups is 3. The Balaban J connectivity index is 1.40. The molecule has 1 aliphatic rings. The van der Waals surface area contributed by atoms with Gasteiger partial charge in [-0.05, 0) is 40.5 Å². The summed E-state index contributed by atoms with van der Waals surface area (Å²) in [6.07, 6.45) is 1.12. The molecule has 0 saturated carbocycles. The number of hydrogen-bond acceptors (Lipinski definition) is 4. The van der Waals surface area contributed by atoms with Crippen LogP contribution in [0.25, 0.3) is 11.1 Å². The quantitative estimate of drug-likeness (QED) is 0.471. The Labute approximate surface area is 194 Å². The fourth-order valence-electron chi connectivity index (χ4n) is 4.13. The summed E-state index contributed by atoms with van der Waals surface area (Å²) in [5, 5.41) is 14.0. The molecule has 7 heteroatoms. The molecule has 0 heterocycles. The van der Waals surface area contributed by atoms with E-state index in [0.29, 0.717) is 25.8 Å². The van der Waals surface area contributed by atoms with E-state index in [1.807, 2.05) is 38.1 Å². The van der Waals surface area contributed by atoms with Gasteiger partial charge < -0.3 is 20.5 Å². The SMILES string of the molecule is CC(C)(CCNC(=O)OCC1c2ccccc2-c2ccccc21)CCC(=O)NCCC(=O)O. The number of rotatable bonds is 11. The average Bonchev–Trinajstić information content (AvgIpc) is 3.10. The standard InChI is InChI=1S/C26H32N2O5/c1-26(2,13-11-23(29)27-15-12-24(30)31)14-16-28-25(32)33-17-22-20-9-5-3-7-18(20)19-8-4-6-10-21(19)22/h3-10,22H,11-17H2,1-2H3,(H,27,29)(H,28,32)(H,30,31). The highest BCUT2D eigenvalue weighted by Crippen LogP contribution is 2.44. The van der Waals surface area contributed by atoms with Crippen molar-refractivity contribution in [2.24, 2.45) is 5.41 Å². The van der Waals surface area contributed by atoms with Gasteiger partial charge in [0.05, 0.1) is 6.42 Å². The Kier molecular flexibility index (Phi) is 8.09. The van der Waals surface area contributed by atoms with Gasteiger partial charge in [0.1, 0.15) is 6.61 Å². The van der Waals surface area contributed by atoms with Gasteiger partial charge in [0.15, 0.2) is 0 Å². The summed E-state index contributed by atoms with van der Waals surface area (Å²) in [6.45, 7) is 4.94. The van der Waals surface area contributed by atoms with Crippen molar-refractivity contribution in [3.63, 3.8) is 0 Å². The van der Waals surface area contributed by atoms with Crippen molar-refractivity contribution in [1.29, 1.82) is 0 Å². The fourth-order valence-corrected chi connectivity index (χ4v) is 4.13. The van der Waals surface area contributed by atoms with E-state index in [9.17, 15) is 14.4 Å². The molecular weight excluding hydrogens is 420 g/mol. The van der Waals surface area contributed by atoms with E-state index in [1.54, 1.807) is 0 Å². The zero-order chi connectivity index (χ0) is 23.8. The molecule has 2 aromatic carbocycles. The van der Waals surface area contributed by atoms with E-state index in [-0.39, 0.29) is 36.8 Å². The molecule has 33 heavy (non-hydrogen) atoms. The van der Waals surface area contributed by atoms with Gasteiger partial charge in [-0.1, -0.05) is 62.4 Å². The second kappa shape index (κ2) is 11.0. The maximum Gasteiger partial charge on any atom is 0.407 e. The van der Waals surface area contributed by atoms with Gasteiger partial charge in [-0.25, -0.2) is 4.79 Å². The molecule has 2 amide bonds. The number of amides is 2. The van der Waals surface area contributed by atoms with E-state index in [1.165, 1.54) is 22.3 Å². The number of carboxylic acid groups (broad SMARTS) is 1. The number of aliphatic carboxylic acids is 1. The van der Waals surface area contributed by atoms with Gasteiger partial charge in [-0.15, -0.1) is 0 Å². The first-order valence-corrected chi connectivity index (χ1v) is 11.3. The first-order chi connectivity index (χ1) is 15.8. The summed E-state index contributed by atoms with van der Waals surface area (Å²) in [4.78, 5) is 34.7. The maximum absolute atomic E-state index is 12.3. The van der Waals surface area contributed by atoms with E-state index >= 15 is 0 Å². The molecule has 7 nitrogen and oxygen atoms in total. The van der Waals surface area contributed by atoms with Crippen LogP contribution >= 0.6 is 0 Å². The summed E-state index contributed by atoms with van der Waals surface area (Å²) in [6, 6.07) is 16.4. The van der Waals surface area contributed by atoms with Crippen LogP contribution in [0.5, 0.6) is 0 Å². The van der Waals surface area contributed by atoms with Gasteiger partial charge >= 0.3 is 12.1 Å². The highest BCUT2D eigenvalue weighted by atomic mass is 16.5. The predicted octanol–water partition coefficient (Wildman–Crippen LogP) is 4.31.